The molecule has 8 heteroatoms. The Hall–Kier alpha value is -3.49. The largest absolute Gasteiger partial charge is 0.422 e. The van der Waals surface area contributed by atoms with Crippen molar-refractivity contribution in [3.8, 4) is 16.9 Å². The van der Waals surface area contributed by atoms with E-state index in [1.807, 2.05) is 48.5 Å². The number of benzene rings is 2. The van der Waals surface area contributed by atoms with Gasteiger partial charge in [-0.05, 0) is 30.3 Å². The zero-order valence-corrected chi connectivity index (χ0v) is 17.0. The number of aromatic nitrogens is 2. The predicted octanol–water partition coefficient (Wildman–Crippen LogP) is 4.13. The molecule has 2 aromatic carbocycles. The molecule has 1 amide bonds. The number of nitrogens with one attached hydrogen (secondary N) is 1. The monoisotopic (exact) mass is 431 g/mol. The van der Waals surface area contributed by atoms with Gasteiger partial charge in [0.1, 0.15) is 15.6 Å². The van der Waals surface area contributed by atoms with E-state index >= 15 is 0 Å². The summed E-state index contributed by atoms with van der Waals surface area (Å²) in [6.07, 6.45) is 3.47. The molecule has 0 saturated carbocycles. The molecule has 0 aliphatic carbocycles. The second-order valence-electron chi connectivity index (χ2n) is 6.55. The van der Waals surface area contributed by atoms with Gasteiger partial charge in [-0.25, -0.2) is 9.48 Å². The number of fused-ring (bicyclic) bond motifs is 1. The molecule has 1 N–H and O–H groups in total. The lowest BCUT2D eigenvalue weighted by atomic mass is 10.1. The van der Waals surface area contributed by atoms with Crippen LogP contribution in [-0.4, -0.2) is 20.0 Å². The summed E-state index contributed by atoms with van der Waals surface area (Å²) >= 11 is 6.25. The zero-order valence-electron chi connectivity index (χ0n) is 15.4. The third-order valence-corrected chi connectivity index (χ3v) is 5.75. The number of thiocarbonyl (C=S) groups is 1. The number of carbonyl (C=O) groups excluding carboxylic acids is 1. The van der Waals surface area contributed by atoms with Crippen molar-refractivity contribution in [2.75, 3.05) is 0 Å². The maximum atomic E-state index is 12.7. The molecule has 1 saturated heterocycles. The third kappa shape index (κ3) is 3.36. The minimum atomic E-state index is -0.495. The van der Waals surface area contributed by atoms with Crippen LogP contribution < -0.4 is 10.9 Å². The second kappa shape index (κ2) is 7.40. The Morgan fingerprint density at radius 3 is 2.60 bits per heavy atom. The summed E-state index contributed by atoms with van der Waals surface area (Å²) in [6, 6.07) is 18.6. The van der Waals surface area contributed by atoms with Crippen molar-refractivity contribution in [2.24, 2.45) is 0 Å². The van der Waals surface area contributed by atoms with Crippen LogP contribution in [0.5, 0.6) is 0 Å². The third-order valence-electron chi connectivity index (χ3n) is 4.59. The summed E-state index contributed by atoms with van der Waals surface area (Å²) in [7, 11) is 0. The molecule has 30 heavy (non-hydrogen) atoms. The van der Waals surface area contributed by atoms with Gasteiger partial charge >= 0.3 is 5.63 Å². The minimum absolute atomic E-state index is 0.269. The molecule has 1 fully saturated rings. The maximum Gasteiger partial charge on any atom is 0.345 e. The first-order valence-corrected chi connectivity index (χ1v) is 10.2. The van der Waals surface area contributed by atoms with Gasteiger partial charge in [0, 0.05) is 17.1 Å². The molecule has 0 bridgehead atoms. The van der Waals surface area contributed by atoms with Crippen molar-refractivity contribution in [2.45, 2.75) is 0 Å². The first kappa shape index (κ1) is 18.5. The molecule has 2 aromatic heterocycles. The fourth-order valence-corrected chi connectivity index (χ4v) is 4.24. The molecule has 0 atom stereocenters. The Kier molecular flexibility index (Phi) is 4.57. The van der Waals surface area contributed by atoms with Gasteiger partial charge in [-0.3, -0.25) is 4.79 Å². The van der Waals surface area contributed by atoms with Gasteiger partial charge in [-0.2, -0.15) is 5.10 Å². The van der Waals surface area contributed by atoms with E-state index in [1.54, 1.807) is 29.1 Å². The molecule has 4 aromatic rings. The Bertz CT molecular complexity index is 1400. The topological polar surface area (TPSA) is 77.1 Å². The van der Waals surface area contributed by atoms with E-state index in [9.17, 15) is 9.59 Å². The van der Waals surface area contributed by atoms with Crippen LogP contribution in [0.2, 0.25) is 0 Å². The summed E-state index contributed by atoms with van der Waals surface area (Å²) < 4.78 is 7.56. The lowest BCUT2D eigenvalue weighted by Gasteiger charge is -2.02. The highest BCUT2D eigenvalue weighted by Crippen LogP contribution is 2.30. The average molecular weight is 431 g/mol. The molecule has 1 aliphatic heterocycles. The van der Waals surface area contributed by atoms with E-state index in [4.69, 9.17) is 16.6 Å². The Balaban J connectivity index is 1.73. The van der Waals surface area contributed by atoms with E-state index in [0.717, 1.165) is 11.1 Å². The van der Waals surface area contributed by atoms with Crippen LogP contribution in [0.15, 0.2) is 81.0 Å². The van der Waals surface area contributed by atoms with Crippen molar-refractivity contribution in [3.63, 3.8) is 0 Å². The van der Waals surface area contributed by atoms with Crippen molar-refractivity contribution in [1.82, 2.24) is 15.1 Å². The number of nitrogens with zero attached hydrogens (tertiary/aromatic N) is 2. The molecular formula is C22H13N3O3S2. The number of hydrogen-bond acceptors (Lipinski definition) is 6. The van der Waals surface area contributed by atoms with E-state index in [0.29, 0.717) is 31.6 Å². The zero-order chi connectivity index (χ0) is 20.7. The van der Waals surface area contributed by atoms with Crippen molar-refractivity contribution < 1.29 is 9.21 Å². The van der Waals surface area contributed by atoms with Crippen LogP contribution >= 0.6 is 24.0 Å². The number of thioether (sulfide) groups is 1. The summed E-state index contributed by atoms with van der Waals surface area (Å²) in [5.41, 5.74) is 2.20. The molecular weight excluding hydrogens is 418 g/mol. The Morgan fingerprint density at radius 2 is 1.83 bits per heavy atom. The van der Waals surface area contributed by atoms with Gasteiger partial charge in [-0.15, -0.1) is 0 Å². The van der Waals surface area contributed by atoms with Crippen LogP contribution in [0.3, 0.4) is 0 Å². The lowest BCUT2D eigenvalue weighted by molar-refractivity contribution is -0.115. The number of rotatable bonds is 3. The lowest BCUT2D eigenvalue weighted by Crippen LogP contribution is -2.17. The first-order chi connectivity index (χ1) is 14.6. The van der Waals surface area contributed by atoms with Gasteiger partial charge < -0.3 is 9.73 Å². The quantitative estimate of drug-likeness (QED) is 0.299. The van der Waals surface area contributed by atoms with Crippen LogP contribution in [0, 0.1) is 0 Å². The standard InChI is InChI=1S/C22H13N3O3S2/c26-20-18(30-22(29)23-20)11-14-12-25(15-7-2-1-3-8-15)24-19(14)16-10-13-6-4-5-9-17(13)28-21(16)27/h1-12H,(H,23,26,29)/b18-11-. The van der Waals surface area contributed by atoms with Crippen LogP contribution in [0.1, 0.15) is 5.56 Å². The van der Waals surface area contributed by atoms with Gasteiger partial charge in [0.25, 0.3) is 5.91 Å². The molecule has 0 unspecified atom stereocenters. The van der Waals surface area contributed by atoms with Crippen molar-refractivity contribution in [3.05, 3.63) is 87.7 Å². The van der Waals surface area contributed by atoms with E-state index in [1.165, 1.54) is 11.8 Å². The van der Waals surface area contributed by atoms with Crippen LogP contribution in [0.25, 0.3) is 34.0 Å². The maximum absolute atomic E-state index is 12.7. The van der Waals surface area contributed by atoms with Gasteiger partial charge in [0.05, 0.1) is 16.2 Å². The van der Waals surface area contributed by atoms with Crippen LogP contribution in [-0.2, 0) is 4.79 Å². The van der Waals surface area contributed by atoms with Gasteiger partial charge in [-0.1, -0.05) is 60.4 Å². The fourth-order valence-electron chi connectivity index (χ4n) is 3.20. The summed E-state index contributed by atoms with van der Waals surface area (Å²) in [5, 5.41) is 8.03. The highest BCUT2D eigenvalue weighted by atomic mass is 32.2. The average Bonchev–Trinajstić information content (AvgIpc) is 3.31. The fraction of sp³-hybridized carbons (Fsp3) is 0. The molecule has 0 spiro atoms. The highest BCUT2D eigenvalue weighted by Gasteiger charge is 2.24. The molecule has 5 rings (SSSR count). The number of para-hydroxylation sites is 2. The second-order valence-corrected chi connectivity index (χ2v) is 8.27. The molecule has 6 nitrogen and oxygen atoms in total. The Morgan fingerprint density at radius 1 is 1.07 bits per heavy atom. The molecule has 3 heterocycles. The van der Waals surface area contributed by atoms with Crippen molar-refractivity contribution in [1.29, 1.82) is 0 Å². The van der Waals surface area contributed by atoms with Crippen molar-refractivity contribution >= 4 is 51.3 Å². The smallest absolute Gasteiger partial charge is 0.345 e. The first-order valence-electron chi connectivity index (χ1n) is 9.02. The number of amides is 1. The highest BCUT2D eigenvalue weighted by molar-refractivity contribution is 8.26. The summed E-state index contributed by atoms with van der Waals surface area (Å²) in [4.78, 5) is 25.3. The minimum Gasteiger partial charge on any atom is -0.422 e. The molecule has 146 valence electrons. The Labute approximate surface area is 180 Å². The van der Waals surface area contributed by atoms with E-state index in [-0.39, 0.29) is 5.91 Å². The van der Waals surface area contributed by atoms with Crippen LogP contribution in [0.4, 0.5) is 0 Å². The summed E-state index contributed by atoms with van der Waals surface area (Å²) in [6.45, 7) is 0. The molecule has 0 radical (unpaired) electrons. The van der Waals surface area contributed by atoms with E-state index in [2.05, 4.69) is 10.4 Å². The SMILES string of the molecule is O=C1NC(=S)S/C1=C\c1cn(-c2ccccc2)nc1-c1cc2ccccc2oc1=O. The van der Waals surface area contributed by atoms with E-state index < -0.39 is 5.63 Å². The summed E-state index contributed by atoms with van der Waals surface area (Å²) in [5.74, 6) is -0.269. The predicted molar refractivity (Wildman–Crippen MR) is 121 cm³/mol. The molecule has 1 aliphatic rings. The van der Waals surface area contributed by atoms with Gasteiger partial charge in [0.2, 0.25) is 0 Å². The number of hydrogen-bond donors (Lipinski definition) is 1. The normalized spacial score (nSPS) is 15.1. The van der Waals surface area contributed by atoms with Gasteiger partial charge in [0.15, 0.2) is 0 Å². The number of carbonyl (C=O) groups is 1.